The van der Waals surface area contributed by atoms with Gasteiger partial charge in [-0.2, -0.15) is 4.31 Å². The molecule has 2 aromatic rings. The maximum atomic E-state index is 13.1. The lowest BCUT2D eigenvalue weighted by Crippen LogP contribution is -2.40. The Kier molecular flexibility index (Phi) is 6.96. The molecule has 1 atom stereocenters. The summed E-state index contributed by atoms with van der Waals surface area (Å²) in [7, 11) is -0.823. The molecular weight excluding hydrogens is 408 g/mol. The van der Waals surface area contributed by atoms with E-state index in [2.05, 4.69) is 5.32 Å². The van der Waals surface area contributed by atoms with Crippen LogP contribution in [0.4, 0.5) is 0 Å². The van der Waals surface area contributed by atoms with Crippen LogP contribution in [0.5, 0.6) is 11.5 Å². The maximum absolute atomic E-state index is 13.1. The van der Waals surface area contributed by atoms with Crippen molar-refractivity contribution in [1.29, 1.82) is 0 Å². The molecule has 162 valence electrons. The van der Waals surface area contributed by atoms with E-state index in [-0.39, 0.29) is 41.2 Å². The third-order valence-electron chi connectivity index (χ3n) is 4.98. The molecule has 0 spiro atoms. The zero-order chi connectivity index (χ0) is 21.7. The van der Waals surface area contributed by atoms with Gasteiger partial charge in [0.05, 0.1) is 33.5 Å². The first-order valence-corrected chi connectivity index (χ1v) is 11.0. The Balaban J connectivity index is 1.83. The fourth-order valence-electron chi connectivity index (χ4n) is 3.20. The van der Waals surface area contributed by atoms with Gasteiger partial charge in [-0.3, -0.25) is 4.79 Å². The average molecular weight is 435 g/mol. The fraction of sp³-hybridized carbons (Fsp3) is 0.381. The lowest BCUT2D eigenvalue weighted by atomic mass is 10.1. The van der Waals surface area contributed by atoms with E-state index in [0.717, 1.165) is 11.3 Å². The summed E-state index contributed by atoms with van der Waals surface area (Å²) in [5, 5.41) is 2.90. The number of amides is 1. The third kappa shape index (κ3) is 4.75. The van der Waals surface area contributed by atoms with E-state index in [1.54, 1.807) is 13.2 Å². The quantitative estimate of drug-likeness (QED) is 0.718. The van der Waals surface area contributed by atoms with E-state index >= 15 is 0 Å². The van der Waals surface area contributed by atoms with E-state index in [4.69, 9.17) is 14.2 Å². The average Bonchev–Trinajstić information content (AvgIpc) is 2.79. The van der Waals surface area contributed by atoms with Crippen molar-refractivity contribution in [3.8, 4) is 11.5 Å². The van der Waals surface area contributed by atoms with Gasteiger partial charge in [0.25, 0.3) is 5.91 Å². The molecule has 1 amide bonds. The van der Waals surface area contributed by atoms with Crippen molar-refractivity contribution in [3.63, 3.8) is 0 Å². The Morgan fingerprint density at radius 2 is 1.73 bits per heavy atom. The number of carbonyl (C=O) groups excluding carboxylic acids is 1. The number of sulfonamides is 1. The van der Waals surface area contributed by atoms with Gasteiger partial charge >= 0.3 is 0 Å². The van der Waals surface area contributed by atoms with Gasteiger partial charge < -0.3 is 19.5 Å². The summed E-state index contributed by atoms with van der Waals surface area (Å²) >= 11 is 0. The van der Waals surface area contributed by atoms with E-state index in [9.17, 15) is 13.2 Å². The summed E-state index contributed by atoms with van der Waals surface area (Å²) in [4.78, 5) is 12.8. The zero-order valence-corrected chi connectivity index (χ0v) is 18.1. The summed E-state index contributed by atoms with van der Waals surface area (Å²) in [5.74, 6) is 0.547. The van der Waals surface area contributed by atoms with E-state index in [1.807, 2.05) is 31.2 Å². The highest BCUT2D eigenvalue weighted by Crippen LogP contribution is 2.29. The van der Waals surface area contributed by atoms with Crippen LogP contribution in [0.2, 0.25) is 0 Å². The highest BCUT2D eigenvalue weighted by atomic mass is 32.2. The number of methoxy groups -OCH3 is 2. The van der Waals surface area contributed by atoms with Gasteiger partial charge in [-0.1, -0.05) is 12.1 Å². The molecular formula is C21H26N2O6S. The highest BCUT2D eigenvalue weighted by Gasteiger charge is 2.30. The van der Waals surface area contributed by atoms with Crippen LogP contribution in [0, 0.1) is 0 Å². The molecule has 1 N–H and O–H groups in total. The topological polar surface area (TPSA) is 94.2 Å². The van der Waals surface area contributed by atoms with Crippen molar-refractivity contribution in [2.45, 2.75) is 17.9 Å². The molecule has 9 heteroatoms. The van der Waals surface area contributed by atoms with Gasteiger partial charge in [-0.05, 0) is 42.8 Å². The Labute approximate surface area is 176 Å². The number of hydrogen-bond donors (Lipinski definition) is 1. The first-order valence-electron chi connectivity index (χ1n) is 9.57. The summed E-state index contributed by atoms with van der Waals surface area (Å²) < 4.78 is 43.2. The Morgan fingerprint density at radius 1 is 1.07 bits per heavy atom. The molecule has 1 aliphatic heterocycles. The molecule has 0 aliphatic carbocycles. The smallest absolute Gasteiger partial charge is 0.251 e. The van der Waals surface area contributed by atoms with Crippen molar-refractivity contribution >= 4 is 15.9 Å². The van der Waals surface area contributed by atoms with E-state index in [0.29, 0.717) is 13.2 Å². The minimum Gasteiger partial charge on any atom is -0.497 e. The van der Waals surface area contributed by atoms with Crippen LogP contribution in [0.25, 0.3) is 0 Å². The first kappa shape index (κ1) is 22.1. The normalized spacial score (nSPS) is 16.0. The molecule has 1 aliphatic rings. The van der Waals surface area contributed by atoms with Crippen LogP contribution < -0.4 is 14.8 Å². The number of nitrogens with zero attached hydrogens (tertiary/aromatic N) is 1. The van der Waals surface area contributed by atoms with Crippen LogP contribution in [0.15, 0.2) is 47.4 Å². The lowest BCUT2D eigenvalue weighted by molar-refractivity contribution is 0.0729. The zero-order valence-electron chi connectivity index (χ0n) is 17.3. The molecule has 0 bridgehead atoms. The second-order valence-electron chi connectivity index (χ2n) is 6.85. The van der Waals surface area contributed by atoms with Crippen molar-refractivity contribution in [1.82, 2.24) is 9.62 Å². The van der Waals surface area contributed by atoms with Gasteiger partial charge in [-0.15, -0.1) is 0 Å². The van der Waals surface area contributed by atoms with Crippen LogP contribution in [0.1, 0.15) is 28.9 Å². The van der Waals surface area contributed by atoms with Crippen molar-refractivity contribution in [2.24, 2.45) is 0 Å². The molecule has 30 heavy (non-hydrogen) atoms. The fourth-order valence-corrected chi connectivity index (χ4v) is 4.79. The highest BCUT2D eigenvalue weighted by molar-refractivity contribution is 7.89. The molecule has 1 fully saturated rings. The minimum absolute atomic E-state index is 0.0309. The monoisotopic (exact) mass is 434 g/mol. The van der Waals surface area contributed by atoms with Crippen LogP contribution in [0.3, 0.4) is 0 Å². The van der Waals surface area contributed by atoms with Gasteiger partial charge in [0.1, 0.15) is 16.4 Å². The van der Waals surface area contributed by atoms with Crippen LogP contribution in [-0.2, 0) is 14.8 Å². The number of rotatable bonds is 7. The number of benzene rings is 2. The molecule has 0 radical (unpaired) electrons. The number of ether oxygens (including phenoxy) is 3. The number of hydrogen-bond acceptors (Lipinski definition) is 6. The van der Waals surface area contributed by atoms with Crippen LogP contribution in [-0.4, -0.2) is 59.2 Å². The van der Waals surface area contributed by atoms with Crippen molar-refractivity contribution in [3.05, 3.63) is 53.6 Å². The Bertz CT molecular complexity index is 985. The van der Waals surface area contributed by atoms with Gasteiger partial charge in [0.15, 0.2) is 0 Å². The molecule has 1 unspecified atom stereocenters. The summed E-state index contributed by atoms with van der Waals surface area (Å²) in [5.41, 5.74) is 1.14. The Hall–Kier alpha value is -2.62. The molecule has 3 rings (SSSR count). The molecule has 1 saturated heterocycles. The van der Waals surface area contributed by atoms with Crippen LogP contribution >= 0.6 is 0 Å². The third-order valence-corrected chi connectivity index (χ3v) is 6.90. The number of carbonyl (C=O) groups is 1. The standard InChI is InChI=1S/C21H26N2O6S/c1-15(16-4-7-18(27-2)8-5-16)22-21(24)17-6-9-19(28-3)20(14-17)30(25,26)23-10-12-29-13-11-23/h4-9,14-15H,10-13H2,1-3H3,(H,22,24). The molecule has 1 heterocycles. The first-order chi connectivity index (χ1) is 14.4. The summed E-state index contributed by atoms with van der Waals surface area (Å²) in [6, 6.07) is 11.5. The number of morpholine rings is 1. The largest absolute Gasteiger partial charge is 0.497 e. The maximum Gasteiger partial charge on any atom is 0.251 e. The van der Waals surface area contributed by atoms with E-state index in [1.165, 1.54) is 23.5 Å². The SMILES string of the molecule is COc1ccc(C(C)NC(=O)c2ccc(OC)c(S(=O)(=O)N3CCOCC3)c2)cc1. The molecule has 2 aromatic carbocycles. The van der Waals surface area contributed by atoms with Gasteiger partial charge in [0, 0.05) is 18.7 Å². The minimum atomic E-state index is -3.81. The van der Waals surface area contributed by atoms with E-state index < -0.39 is 10.0 Å². The van der Waals surface area contributed by atoms with Crippen molar-refractivity contribution < 1.29 is 27.4 Å². The predicted octanol–water partition coefficient (Wildman–Crippen LogP) is 2.22. The summed E-state index contributed by atoms with van der Waals surface area (Å²) in [6.07, 6.45) is 0. The van der Waals surface area contributed by atoms with Crippen molar-refractivity contribution in [2.75, 3.05) is 40.5 Å². The summed E-state index contributed by atoms with van der Waals surface area (Å²) in [6.45, 7) is 3.05. The second-order valence-corrected chi connectivity index (χ2v) is 8.76. The second kappa shape index (κ2) is 9.46. The number of nitrogens with one attached hydrogen (secondary N) is 1. The predicted molar refractivity (Wildman–Crippen MR) is 111 cm³/mol. The molecule has 0 saturated carbocycles. The van der Waals surface area contributed by atoms with Gasteiger partial charge in [0.2, 0.25) is 10.0 Å². The lowest BCUT2D eigenvalue weighted by Gasteiger charge is -2.26. The molecule has 0 aromatic heterocycles. The molecule has 8 nitrogen and oxygen atoms in total. The Morgan fingerprint density at radius 3 is 2.33 bits per heavy atom. The van der Waals surface area contributed by atoms with Gasteiger partial charge in [-0.25, -0.2) is 8.42 Å².